The molecule has 3 unspecified atom stereocenters. The molecule has 0 spiro atoms. The Balaban J connectivity index is 0.00000150. The zero-order chi connectivity index (χ0) is 18.6. The number of fused-ring (bicyclic) bond motifs is 2. The van der Waals surface area contributed by atoms with E-state index in [0.717, 1.165) is 12.5 Å². The highest BCUT2D eigenvalue weighted by atomic mass is 35.5. The van der Waals surface area contributed by atoms with Gasteiger partial charge in [-0.3, -0.25) is 9.69 Å². The van der Waals surface area contributed by atoms with Crippen LogP contribution in [0.4, 0.5) is 0 Å². The molecule has 3 fully saturated rings. The quantitative estimate of drug-likeness (QED) is 0.691. The van der Waals surface area contributed by atoms with E-state index in [1.165, 1.54) is 62.7 Å². The predicted molar refractivity (Wildman–Crippen MR) is 124 cm³/mol. The Morgan fingerprint density at radius 3 is 2.38 bits per heavy atom. The molecule has 1 aromatic carbocycles. The number of piperidine rings is 2. The molecule has 0 radical (unpaired) electrons. The van der Waals surface area contributed by atoms with E-state index in [0.29, 0.717) is 31.0 Å². The summed E-state index contributed by atoms with van der Waals surface area (Å²) in [5, 5.41) is 6.79. The molecule has 164 valence electrons. The second kappa shape index (κ2) is 11.5. The first-order valence-electron chi connectivity index (χ1n) is 11.0. The van der Waals surface area contributed by atoms with Crippen molar-refractivity contribution < 1.29 is 4.79 Å². The van der Waals surface area contributed by atoms with Crippen LogP contribution in [0.25, 0.3) is 0 Å². The van der Waals surface area contributed by atoms with Crippen LogP contribution < -0.4 is 10.6 Å². The van der Waals surface area contributed by atoms with Crippen LogP contribution in [0.3, 0.4) is 0 Å². The third-order valence-corrected chi connectivity index (χ3v) is 6.70. The Bertz CT molecular complexity index is 628. The Hall–Kier alpha value is -0.810. The van der Waals surface area contributed by atoms with Gasteiger partial charge >= 0.3 is 0 Å². The fraction of sp³-hybridized carbons (Fsp3) is 0.696. The minimum atomic E-state index is 0. The van der Waals surface area contributed by atoms with E-state index in [1.807, 2.05) is 0 Å². The van der Waals surface area contributed by atoms with E-state index in [9.17, 15) is 4.79 Å². The Morgan fingerprint density at radius 1 is 1.07 bits per heavy atom. The molecule has 3 atom stereocenters. The Morgan fingerprint density at radius 2 is 1.72 bits per heavy atom. The molecule has 29 heavy (non-hydrogen) atoms. The average molecular weight is 442 g/mol. The summed E-state index contributed by atoms with van der Waals surface area (Å²) in [6, 6.07) is 10.1. The summed E-state index contributed by atoms with van der Waals surface area (Å²) >= 11 is 0. The summed E-state index contributed by atoms with van der Waals surface area (Å²) in [5.74, 6) is 1.61. The van der Waals surface area contributed by atoms with Crippen molar-refractivity contribution in [2.75, 3.05) is 13.1 Å². The highest BCUT2D eigenvalue weighted by Gasteiger charge is 2.34. The second-order valence-corrected chi connectivity index (χ2v) is 9.26. The van der Waals surface area contributed by atoms with Crippen molar-refractivity contribution in [1.82, 2.24) is 15.5 Å². The number of benzene rings is 1. The van der Waals surface area contributed by atoms with Crippen LogP contribution in [0.15, 0.2) is 24.3 Å². The van der Waals surface area contributed by atoms with Crippen LogP contribution in [0.1, 0.15) is 63.0 Å². The van der Waals surface area contributed by atoms with Crippen molar-refractivity contribution in [3.8, 4) is 0 Å². The minimum Gasteiger partial charge on any atom is -0.352 e. The molecular weight excluding hydrogens is 405 g/mol. The first-order valence-corrected chi connectivity index (χ1v) is 11.0. The molecule has 0 saturated carbocycles. The number of nitrogens with zero attached hydrogens (tertiary/aromatic N) is 1. The summed E-state index contributed by atoms with van der Waals surface area (Å²) in [4.78, 5) is 14.9. The first-order chi connectivity index (χ1) is 13.1. The number of halogens is 2. The molecule has 4 rings (SSSR count). The van der Waals surface area contributed by atoms with Gasteiger partial charge in [0.25, 0.3) is 0 Å². The molecule has 2 N–H and O–H groups in total. The molecule has 6 heteroatoms. The van der Waals surface area contributed by atoms with Crippen LogP contribution in [0.2, 0.25) is 0 Å². The minimum absolute atomic E-state index is 0. The molecule has 3 aliphatic heterocycles. The Kier molecular flexibility index (Phi) is 9.74. The van der Waals surface area contributed by atoms with Crippen molar-refractivity contribution in [1.29, 1.82) is 0 Å². The van der Waals surface area contributed by atoms with Gasteiger partial charge in [-0.05, 0) is 68.0 Å². The summed E-state index contributed by atoms with van der Waals surface area (Å²) in [6.45, 7) is 6.50. The number of likely N-dealkylation sites (tertiary alicyclic amines) is 1. The third kappa shape index (κ3) is 7.13. The van der Waals surface area contributed by atoms with E-state index < -0.39 is 0 Å². The van der Waals surface area contributed by atoms with E-state index >= 15 is 0 Å². The van der Waals surface area contributed by atoms with Gasteiger partial charge in [0.1, 0.15) is 0 Å². The standard InChI is InChI=1S/C23H35N3O.2ClH/c1-17-3-2-10-26(15-17)16-19-6-4-18(5-7-19)14-24-23(27)13-20-11-21-8-9-22(12-20)25-21;;/h4-7,17,20-22,25H,2-3,8-16H2,1H3,(H,24,27);2*1H. The van der Waals surface area contributed by atoms with Crippen LogP contribution in [0.5, 0.6) is 0 Å². The van der Waals surface area contributed by atoms with Gasteiger partial charge in [-0.25, -0.2) is 0 Å². The lowest BCUT2D eigenvalue weighted by Gasteiger charge is -2.30. The monoisotopic (exact) mass is 441 g/mol. The molecule has 2 bridgehead atoms. The predicted octanol–water partition coefficient (Wildman–Crippen LogP) is 4.30. The van der Waals surface area contributed by atoms with E-state index in [4.69, 9.17) is 0 Å². The topological polar surface area (TPSA) is 44.4 Å². The molecule has 3 heterocycles. The lowest BCUT2D eigenvalue weighted by molar-refractivity contribution is -0.122. The van der Waals surface area contributed by atoms with Gasteiger partial charge in [-0.2, -0.15) is 0 Å². The van der Waals surface area contributed by atoms with Gasteiger partial charge < -0.3 is 10.6 Å². The smallest absolute Gasteiger partial charge is 0.220 e. The number of hydrogen-bond acceptors (Lipinski definition) is 3. The normalized spacial score (nSPS) is 28.9. The fourth-order valence-electron chi connectivity index (χ4n) is 5.33. The van der Waals surface area contributed by atoms with E-state index in [2.05, 4.69) is 46.7 Å². The number of rotatable bonds is 6. The molecular formula is C23H37Cl2N3O. The number of carbonyl (C=O) groups excluding carboxylic acids is 1. The maximum Gasteiger partial charge on any atom is 0.220 e. The first kappa shape index (κ1) is 24.5. The van der Waals surface area contributed by atoms with Crippen LogP contribution in [-0.4, -0.2) is 36.0 Å². The highest BCUT2D eigenvalue weighted by molar-refractivity contribution is 5.85. The fourth-order valence-corrected chi connectivity index (χ4v) is 5.33. The molecule has 1 aromatic rings. The van der Waals surface area contributed by atoms with Crippen LogP contribution in [-0.2, 0) is 17.9 Å². The van der Waals surface area contributed by atoms with Crippen LogP contribution >= 0.6 is 24.8 Å². The van der Waals surface area contributed by atoms with Gasteiger partial charge in [0, 0.05) is 38.1 Å². The molecule has 1 amide bonds. The number of nitrogens with one attached hydrogen (secondary N) is 2. The summed E-state index contributed by atoms with van der Waals surface area (Å²) in [5.41, 5.74) is 2.58. The zero-order valence-corrected chi connectivity index (χ0v) is 19.2. The maximum atomic E-state index is 12.3. The van der Waals surface area contributed by atoms with Crippen molar-refractivity contribution in [2.45, 2.75) is 77.0 Å². The van der Waals surface area contributed by atoms with Crippen molar-refractivity contribution in [2.24, 2.45) is 11.8 Å². The van der Waals surface area contributed by atoms with E-state index in [-0.39, 0.29) is 30.7 Å². The van der Waals surface area contributed by atoms with E-state index in [1.54, 1.807) is 0 Å². The van der Waals surface area contributed by atoms with Gasteiger partial charge in [0.2, 0.25) is 5.91 Å². The second-order valence-electron chi connectivity index (χ2n) is 9.26. The molecule has 3 saturated heterocycles. The highest BCUT2D eigenvalue weighted by Crippen LogP contribution is 2.32. The number of hydrogen-bond donors (Lipinski definition) is 2. The van der Waals surface area contributed by atoms with Crippen molar-refractivity contribution in [3.05, 3.63) is 35.4 Å². The average Bonchev–Trinajstić information content (AvgIpc) is 2.99. The van der Waals surface area contributed by atoms with Gasteiger partial charge in [-0.15, -0.1) is 24.8 Å². The largest absolute Gasteiger partial charge is 0.352 e. The maximum absolute atomic E-state index is 12.3. The summed E-state index contributed by atoms with van der Waals surface area (Å²) < 4.78 is 0. The molecule has 4 nitrogen and oxygen atoms in total. The van der Waals surface area contributed by atoms with Crippen molar-refractivity contribution >= 4 is 30.7 Å². The SMILES string of the molecule is CC1CCCN(Cc2ccc(CNC(=O)CC3CC4CCC(C3)N4)cc2)C1.Cl.Cl. The lowest BCUT2D eigenvalue weighted by atomic mass is 9.89. The Labute approximate surface area is 188 Å². The van der Waals surface area contributed by atoms with Gasteiger partial charge in [-0.1, -0.05) is 31.2 Å². The number of amides is 1. The van der Waals surface area contributed by atoms with Crippen LogP contribution in [0, 0.1) is 11.8 Å². The van der Waals surface area contributed by atoms with Crippen molar-refractivity contribution in [3.63, 3.8) is 0 Å². The lowest BCUT2D eigenvalue weighted by Crippen LogP contribution is -2.39. The van der Waals surface area contributed by atoms with Gasteiger partial charge in [0.15, 0.2) is 0 Å². The molecule has 0 aromatic heterocycles. The summed E-state index contributed by atoms with van der Waals surface area (Å²) in [6.07, 6.45) is 8.33. The third-order valence-electron chi connectivity index (χ3n) is 6.70. The summed E-state index contributed by atoms with van der Waals surface area (Å²) in [7, 11) is 0. The molecule has 0 aliphatic carbocycles. The molecule has 3 aliphatic rings. The number of carbonyl (C=O) groups is 1. The van der Waals surface area contributed by atoms with Gasteiger partial charge in [0.05, 0.1) is 0 Å². The zero-order valence-electron chi connectivity index (χ0n) is 17.6.